The molecular formula is C16H12O5S. The summed E-state index contributed by atoms with van der Waals surface area (Å²) < 4.78 is 32.7. The van der Waals surface area contributed by atoms with Gasteiger partial charge >= 0.3 is 0 Å². The number of fused-ring (bicyclic) bond motifs is 2. The van der Waals surface area contributed by atoms with E-state index in [2.05, 4.69) is 0 Å². The van der Waals surface area contributed by atoms with Gasteiger partial charge in [0, 0.05) is 16.7 Å². The highest BCUT2D eigenvalue weighted by Gasteiger charge is 2.35. The molecule has 0 atom stereocenters. The molecule has 1 aliphatic rings. The Balaban J connectivity index is 2.43. The van der Waals surface area contributed by atoms with Crippen LogP contribution in [0.2, 0.25) is 0 Å². The van der Waals surface area contributed by atoms with E-state index in [4.69, 9.17) is 0 Å². The topological polar surface area (TPSA) is 88.5 Å². The fourth-order valence-corrected chi connectivity index (χ4v) is 3.69. The van der Waals surface area contributed by atoms with Crippen molar-refractivity contribution in [3.8, 4) is 0 Å². The molecule has 0 amide bonds. The van der Waals surface area contributed by atoms with Crippen LogP contribution in [0.5, 0.6) is 0 Å². The van der Waals surface area contributed by atoms with Crippen LogP contribution in [0.25, 0.3) is 0 Å². The smallest absolute Gasteiger partial charge is 0.289 e. The molecule has 0 saturated carbocycles. The molecule has 0 bridgehead atoms. The summed E-state index contributed by atoms with van der Waals surface area (Å²) in [5.74, 6) is -0.987. The lowest BCUT2D eigenvalue weighted by molar-refractivity contribution is 0.0976. The van der Waals surface area contributed by atoms with Gasteiger partial charge in [-0.05, 0) is 31.5 Å². The van der Waals surface area contributed by atoms with Gasteiger partial charge in [0.15, 0.2) is 11.6 Å². The summed E-state index contributed by atoms with van der Waals surface area (Å²) in [6.07, 6.45) is 0. The second kappa shape index (κ2) is 4.59. The van der Waals surface area contributed by atoms with Crippen molar-refractivity contribution in [1.82, 2.24) is 0 Å². The minimum absolute atomic E-state index is 0.00123. The molecule has 0 unspecified atom stereocenters. The van der Waals surface area contributed by atoms with E-state index >= 15 is 0 Å². The predicted molar refractivity (Wildman–Crippen MR) is 79.0 cm³/mol. The Labute approximate surface area is 127 Å². The van der Waals surface area contributed by atoms with E-state index in [9.17, 15) is 22.6 Å². The molecular weight excluding hydrogens is 304 g/mol. The summed E-state index contributed by atoms with van der Waals surface area (Å²) in [6.45, 7) is 3.26. The number of rotatable bonds is 1. The van der Waals surface area contributed by atoms with E-state index < -0.39 is 26.6 Å². The lowest BCUT2D eigenvalue weighted by Gasteiger charge is -2.20. The highest BCUT2D eigenvalue weighted by molar-refractivity contribution is 7.86. The molecule has 0 aromatic heterocycles. The van der Waals surface area contributed by atoms with Gasteiger partial charge in [0.05, 0.1) is 5.56 Å². The standard InChI is InChI=1S/C16H12O5S/c1-8-3-5-10-12(7-8)14(17)11-6-4-9(2)16(22(19,20)21)13(11)15(10)18/h3-7H,1-2H3,(H,19,20,21). The van der Waals surface area contributed by atoms with Gasteiger partial charge in [-0.15, -0.1) is 0 Å². The maximum Gasteiger partial charge on any atom is 0.295 e. The van der Waals surface area contributed by atoms with Crippen LogP contribution in [0.15, 0.2) is 35.2 Å². The Bertz CT molecular complexity index is 955. The molecule has 0 fully saturated rings. The van der Waals surface area contributed by atoms with Crippen LogP contribution < -0.4 is 0 Å². The van der Waals surface area contributed by atoms with Crippen LogP contribution >= 0.6 is 0 Å². The summed E-state index contributed by atoms with van der Waals surface area (Å²) in [4.78, 5) is 24.7. The molecule has 6 heteroatoms. The molecule has 0 radical (unpaired) electrons. The first-order valence-electron chi connectivity index (χ1n) is 6.53. The Morgan fingerprint density at radius 1 is 0.864 bits per heavy atom. The number of carbonyl (C=O) groups excluding carboxylic acids is 2. The summed E-state index contributed by atoms with van der Waals surface area (Å²) >= 11 is 0. The highest BCUT2D eigenvalue weighted by atomic mass is 32.2. The van der Waals surface area contributed by atoms with Crippen LogP contribution in [-0.2, 0) is 10.1 Å². The SMILES string of the molecule is Cc1ccc2c(c1)C(=O)c1ccc(C)c(S(=O)(=O)O)c1C2=O. The summed E-state index contributed by atoms with van der Waals surface area (Å²) in [7, 11) is -4.62. The third kappa shape index (κ3) is 2.00. The second-order valence-electron chi connectivity index (χ2n) is 5.32. The normalized spacial score (nSPS) is 13.8. The second-order valence-corrected chi connectivity index (χ2v) is 6.67. The Morgan fingerprint density at radius 2 is 1.50 bits per heavy atom. The number of hydrogen-bond acceptors (Lipinski definition) is 4. The zero-order chi connectivity index (χ0) is 16.2. The quantitative estimate of drug-likeness (QED) is 0.696. The van der Waals surface area contributed by atoms with Crippen LogP contribution in [0.4, 0.5) is 0 Å². The number of aryl methyl sites for hydroxylation is 2. The number of hydrogen-bond donors (Lipinski definition) is 1. The third-order valence-corrected chi connectivity index (χ3v) is 4.79. The summed E-state index contributed by atoms with van der Waals surface area (Å²) in [5.41, 5.74) is 1.20. The van der Waals surface area contributed by atoms with Crippen molar-refractivity contribution >= 4 is 21.7 Å². The van der Waals surface area contributed by atoms with E-state index in [1.54, 1.807) is 19.1 Å². The zero-order valence-electron chi connectivity index (χ0n) is 11.9. The molecule has 0 spiro atoms. The van der Waals surface area contributed by atoms with Crippen LogP contribution in [0.3, 0.4) is 0 Å². The zero-order valence-corrected chi connectivity index (χ0v) is 12.7. The molecule has 1 aliphatic carbocycles. The largest absolute Gasteiger partial charge is 0.295 e. The van der Waals surface area contributed by atoms with Gasteiger partial charge in [-0.2, -0.15) is 8.42 Å². The van der Waals surface area contributed by atoms with E-state index in [0.717, 1.165) is 5.56 Å². The predicted octanol–water partition coefficient (Wildman–Crippen LogP) is 2.33. The summed E-state index contributed by atoms with van der Waals surface area (Å²) in [6, 6.07) is 7.62. The van der Waals surface area contributed by atoms with Crippen molar-refractivity contribution in [2.45, 2.75) is 18.7 Å². The first-order valence-corrected chi connectivity index (χ1v) is 7.97. The minimum atomic E-state index is -4.62. The maximum atomic E-state index is 12.7. The van der Waals surface area contributed by atoms with Gasteiger partial charge in [0.2, 0.25) is 0 Å². The fraction of sp³-hybridized carbons (Fsp3) is 0.125. The Morgan fingerprint density at radius 3 is 2.14 bits per heavy atom. The van der Waals surface area contributed by atoms with Gasteiger partial charge in [0.1, 0.15) is 4.90 Å². The molecule has 22 heavy (non-hydrogen) atoms. The minimum Gasteiger partial charge on any atom is -0.289 e. The molecule has 5 nitrogen and oxygen atoms in total. The van der Waals surface area contributed by atoms with E-state index in [-0.39, 0.29) is 27.8 Å². The van der Waals surface area contributed by atoms with Crippen molar-refractivity contribution in [1.29, 1.82) is 0 Å². The fourth-order valence-electron chi connectivity index (χ4n) is 2.76. The van der Waals surface area contributed by atoms with Crippen LogP contribution in [0.1, 0.15) is 43.0 Å². The van der Waals surface area contributed by atoms with Crippen molar-refractivity contribution in [2.24, 2.45) is 0 Å². The van der Waals surface area contributed by atoms with Crippen molar-refractivity contribution in [3.63, 3.8) is 0 Å². The van der Waals surface area contributed by atoms with Crippen molar-refractivity contribution in [2.75, 3.05) is 0 Å². The first-order chi connectivity index (χ1) is 10.2. The van der Waals surface area contributed by atoms with Crippen molar-refractivity contribution < 1.29 is 22.6 Å². The molecule has 0 saturated heterocycles. The monoisotopic (exact) mass is 316 g/mol. The Hall–Kier alpha value is -2.31. The molecule has 3 rings (SSSR count). The van der Waals surface area contributed by atoms with Crippen LogP contribution in [-0.4, -0.2) is 24.5 Å². The van der Waals surface area contributed by atoms with Gasteiger partial charge in [0.25, 0.3) is 10.1 Å². The first kappa shape index (κ1) is 14.6. The molecule has 2 aromatic rings. The van der Waals surface area contributed by atoms with Crippen LogP contribution in [0, 0.1) is 13.8 Å². The van der Waals surface area contributed by atoms with Crippen molar-refractivity contribution in [3.05, 3.63) is 63.7 Å². The average molecular weight is 316 g/mol. The average Bonchev–Trinajstić information content (AvgIpc) is 2.43. The van der Waals surface area contributed by atoms with E-state index in [0.29, 0.717) is 0 Å². The number of benzene rings is 2. The van der Waals surface area contributed by atoms with Gasteiger partial charge in [-0.3, -0.25) is 14.1 Å². The van der Waals surface area contributed by atoms with Gasteiger partial charge in [-0.1, -0.05) is 23.8 Å². The molecule has 1 N–H and O–H groups in total. The molecule has 112 valence electrons. The summed E-state index contributed by atoms with van der Waals surface area (Å²) in [5, 5.41) is 0. The van der Waals surface area contributed by atoms with Gasteiger partial charge < -0.3 is 0 Å². The van der Waals surface area contributed by atoms with E-state index in [1.807, 2.05) is 0 Å². The Kier molecular flexibility index (Phi) is 3.05. The van der Waals surface area contributed by atoms with Gasteiger partial charge in [-0.25, -0.2) is 0 Å². The highest BCUT2D eigenvalue weighted by Crippen LogP contribution is 2.33. The third-order valence-electron chi connectivity index (χ3n) is 3.75. The number of ketones is 2. The molecule has 0 heterocycles. The number of carbonyl (C=O) groups is 2. The molecule has 2 aromatic carbocycles. The lowest BCUT2D eigenvalue weighted by Crippen LogP contribution is -2.24. The van der Waals surface area contributed by atoms with E-state index in [1.165, 1.54) is 25.1 Å². The maximum absolute atomic E-state index is 12.7. The lowest BCUT2D eigenvalue weighted by atomic mass is 9.82. The molecule has 0 aliphatic heterocycles.